The molecule has 0 saturated carbocycles. The molecule has 0 fully saturated rings. The fraction of sp³-hybridized carbons (Fsp3) is 0.417. The molecule has 0 heterocycles. The molecule has 1 aromatic rings. The van der Waals surface area contributed by atoms with Gasteiger partial charge in [0.2, 0.25) is 0 Å². The standard InChI is InChI=1S/C12H20ClPSi/c1-5-14(13,11-15(2,3)4)12-9-7-6-8-10-12/h6-11H,5H2,1-4H3. The molecule has 1 rings (SSSR count). The van der Waals surface area contributed by atoms with E-state index >= 15 is 0 Å². The number of hydrogen-bond acceptors (Lipinski definition) is 0. The highest BCUT2D eigenvalue weighted by molar-refractivity contribution is 8.05. The Morgan fingerprint density at radius 1 is 1.20 bits per heavy atom. The van der Waals surface area contributed by atoms with Crippen LogP contribution in [0.2, 0.25) is 19.6 Å². The van der Waals surface area contributed by atoms with Gasteiger partial charge in [-0.05, 0) is 17.7 Å². The SMILES string of the molecule is CCP(Cl)(=C[Si](C)(C)C)c1ccccc1. The molecule has 0 aliphatic rings. The molecule has 1 unspecified atom stereocenters. The smallest absolute Gasteiger partial charge is 0.0706 e. The highest BCUT2D eigenvalue weighted by Gasteiger charge is 2.20. The van der Waals surface area contributed by atoms with Gasteiger partial charge in [-0.2, -0.15) is 0 Å². The fourth-order valence-corrected chi connectivity index (χ4v) is 11.9. The van der Waals surface area contributed by atoms with Crippen LogP contribution in [0.5, 0.6) is 0 Å². The van der Waals surface area contributed by atoms with Crippen LogP contribution in [0.4, 0.5) is 0 Å². The van der Waals surface area contributed by atoms with Crippen molar-refractivity contribution in [3.05, 3.63) is 30.3 Å². The molecular formula is C12H20ClPSi. The predicted octanol–water partition coefficient (Wildman–Crippen LogP) is 4.18. The zero-order chi connectivity index (χ0) is 11.5. The van der Waals surface area contributed by atoms with Gasteiger partial charge in [-0.3, -0.25) is 0 Å². The lowest BCUT2D eigenvalue weighted by atomic mass is 10.4. The zero-order valence-electron chi connectivity index (χ0n) is 10.00. The maximum atomic E-state index is 6.82. The average Bonchev–Trinajstić information content (AvgIpc) is 2.16. The van der Waals surface area contributed by atoms with Crippen LogP contribution in [-0.2, 0) is 0 Å². The Morgan fingerprint density at radius 2 is 1.73 bits per heavy atom. The summed E-state index contributed by atoms with van der Waals surface area (Å²) in [6.45, 7) is 9.25. The normalized spacial score (nSPS) is 15.8. The first-order valence-corrected chi connectivity index (χ1v) is 11.9. The summed E-state index contributed by atoms with van der Waals surface area (Å²) in [5.41, 5.74) is 2.48. The van der Waals surface area contributed by atoms with E-state index in [-0.39, 0.29) is 0 Å². The maximum Gasteiger partial charge on any atom is 0.0706 e. The van der Waals surface area contributed by atoms with Crippen molar-refractivity contribution in [3.63, 3.8) is 0 Å². The topological polar surface area (TPSA) is 0 Å². The molecular weight excluding hydrogens is 239 g/mol. The average molecular weight is 259 g/mol. The maximum absolute atomic E-state index is 6.82. The minimum absolute atomic E-state index is 1.06. The summed E-state index contributed by atoms with van der Waals surface area (Å²) in [5, 5.41) is 1.33. The first-order valence-electron chi connectivity index (χ1n) is 5.37. The first-order chi connectivity index (χ1) is 6.87. The third-order valence-corrected chi connectivity index (χ3v) is 11.2. The molecule has 0 bridgehead atoms. The van der Waals surface area contributed by atoms with Gasteiger partial charge in [-0.15, -0.1) is 0 Å². The quantitative estimate of drug-likeness (QED) is 0.564. The summed E-state index contributed by atoms with van der Waals surface area (Å²) < 4.78 is 0. The minimum atomic E-state index is -1.52. The third kappa shape index (κ3) is 3.83. The van der Waals surface area contributed by atoms with E-state index in [9.17, 15) is 0 Å². The van der Waals surface area contributed by atoms with Crippen molar-refractivity contribution in [1.29, 1.82) is 0 Å². The summed E-state index contributed by atoms with van der Waals surface area (Å²) in [5.74, 6) is 0. The molecule has 0 spiro atoms. The Labute approximate surface area is 99.4 Å². The van der Waals surface area contributed by atoms with Gasteiger partial charge in [0.25, 0.3) is 0 Å². The second-order valence-corrected chi connectivity index (χ2v) is 15.2. The lowest BCUT2D eigenvalue weighted by molar-refractivity contribution is 1.51. The van der Waals surface area contributed by atoms with Crippen molar-refractivity contribution in [2.75, 3.05) is 6.16 Å². The number of benzene rings is 1. The molecule has 0 amide bonds. The molecule has 0 N–H and O–H groups in total. The predicted molar refractivity (Wildman–Crippen MR) is 78.8 cm³/mol. The van der Waals surface area contributed by atoms with Crippen LogP contribution in [0.25, 0.3) is 0 Å². The summed E-state index contributed by atoms with van der Waals surface area (Å²) in [7, 11) is -1.20. The lowest BCUT2D eigenvalue weighted by Gasteiger charge is -2.22. The largest absolute Gasteiger partial charge is 0.0935 e. The van der Waals surface area contributed by atoms with Gasteiger partial charge in [0.1, 0.15) is 0 Å². The van der Waals surface area contributed by atoms with Crippen LogP contribution in [0.15, 0.2) is 30.3 Å². The summed E-state index contributed by atoms with van der Waals surface area (Å²) >= 11 is 6.82. The Kier molecular flexibility index (Phi) is 4.28. The molecule has 3 heteroatoms. The second kappa shape index (κ2) is 4.91. The van der Waals surface area contributed by atoms with Gasteiger partial charge in [0, 0.05) is 0 Å². The van der Waals surface area contributed by atoms with Crippen molar-refractivity contribution in [3.8, 4) is 0 Å². The van der Waals surface area contributed by atoms with Crippen LogP contribution in [0, 0.1) is 0 Å². The van der Waals surface area contributed by atoms with Crippen LogP contribution >= 0.6 is 17.5 Å². The van der Waals surface area contributed by atoms with Crippen molar-refractivity contribution < 1.29 is 0 Å². The van der Waals surface area contributed by atoms with E-state index in [1.807, 2.05) is 0 Å². The van der Waals surface area contributed by atoms with Gasteiger partial charge in [0.05, 0.1) is 8.07 Å². The van der Waals surface area contributed by atoms with Crippen LogP contribution < -0.4 is 5.30 Å². The molecule has 1 atom stereocenters. The molecule has 1 aromatic carbocycles. The van der Waals surface area contributed by atoms with Crippen LogP contribution in [0.1, 0.15) is 6.92 Å². The highest BCUT2D eigenvalue weighted by atomic mass is 35.7. The third-order valence-electron chi connectivity index (χ3n) is 2.24. The van der Waals surface area contributed by atoms with Gasteiger partial charge in [-0.25, -0.2) is 0 Å². The number of hydrogen-bond donors (Lipinski definition) is 0. The molecule has 15 heavy (non-hydrogen) atoms. The Balaban J connectivity index is 3.23. The van der Waals surface area contributed by atoms with Crippen molar-refractivity contribution in [2.45, 2.75) is 26.6 Å². The molecule has 0 nitrogen and oxygen atoms in total. The molecule has 0 aliphatic heterocycles. The van der Waals surface area contributed by atoms with Gasteiger partial charge >= 0.3 is 0 Å². The van der Waals surface area contributed by atoms with Crippen LogP contribution in [0.3, 0.4) is 0 Å². The summed E-state index contributed by atoms with van der Waals surface area (Å²) in [6, 6.07) is 10.6. The highest BCUT2D eigenvalue weighted by Crippen LogP contribution is 2.51. The molecule has 0 radical (unpaired) electrons. The summed E-state index contributed by atoms with van der Waals surface area (Å²) in [4.78, 5) is 0. The van der Waals surface area contributed by atoms with E-state index in [1.54, 1.807) is 0 Å². The van der Waals surface area contributed by atoms with Crippen molar-refractivity contribution in [2.24, 2.45) is 0 Å². The number of rotatable bonds is 3. The monoisotopic (exact) mass is 258 g/mol. The van der Waals surface area contributed by atoms with Crippen molar-refractivity contribution in [1.82, 2.24) is 0 Å². The Hall–Kier alpha value is 0.0269. The van der Waals surface area contributed by atoms with E-state index < -0.39 is 14.3 Å². The van der Waals surface area contributed by atoms with Crippen molar-refractivity contribution >= 4 is 36.3 Å². The molecule has 84 valence electrons. The van der Waals surface area contributed by atoms with Gasteiger partial charge in [0.15, 0.2) is 0 Å². The lowest BCUT2D eigenvalue weighted by Crippen LogP contribution is -2.24. The second-order valence-electron chi connectivity index (χ2n) is 4.92. The van der Waals surface area contributed by atoms with E-state index in [0.717, 1.165) is 6.16 Å². The number of halogens is 1. The van der Waals surface area contributed by atoms with Crippen LogP contribution in [-0.4, -0.2) is 19.7 Å². The van der Waals surface area contributed by atoms with E-state index in [1.165, 1.54) is 5.30 Å². The van der Waals surface area contributed by atoms with E-state index in [0.29, 0.717) is 0 Å². The van der Waals surface area contributed by atoms with Gasteiger partial charge in [-0.1, -0.05) is 73.6 Å². The Morgan fingerprint density at radius 3 is 2.13 bits per heavy atom. The van der Waals surface area contributed by atoms with Gasteiger partial charge < -0.3 is 0 Å². The molecule has 0 saturated heterocycles. The molecule has 0 aliphatic carbocycles. The van der Waals surface area contributed by atoms with E-state index in [2.05, 4.69) is 62.3 Å². The first kappa shape index (κ1) is 13.1. The minimum Gasteiger partial charge on any atom is -0.0935 e. The summed E-state index contributed by atoms with van der Waals surface area (Å²) in [6.07, 6.45) is -0.457. The molecule has 0 aromatic heterocycles. The van der Waals surface area contributed by atoms with E-state index in [4.69, 9.17) is 11.2 Å². The fourth-order valence-electron chi connectivity index (χ4n) is 1.64. The zero-order valence-corrected chi connectivity index (χ0v) is 12.6. The Bertz CT molecular complexity index is 365.